The molecule has 0 aliphatic carbocycles. The van der Waals surface area contributed by atoms with Crippen molar-refractivity contribution in [3.05, 3.63) is 11.6 Å². The molecule has 1 aromatic rings. The zero-order chi connectivity index (χ0) is 13.3. The Morgan fingerprint density at radius 2 is 2.22 bits per heavy atom. The third-order valence-corrected chi connectivity index (χ3v) is 2.88. The fraction of sp³-hybridized carbons (Fsp3) is 0.636. The number of carbonyl (C=O) groups is 2. The van der Waals surface area contributed by atoms with Crippen molar-refractivity contribution in [1.82, 2.24) is 14.8 Å². The van der Waals surface area contributed by atoms with Crippen molar-refractivity contribution in [3.8, 4) is 0 Å². The lowest BCUT2D eigenvalue weighted by Crippen LogP contribution is -2.17. The van der Waals surface area contributed by atoms with Gasteiger partial charge in [0.2, 0.25) is 0 Å². The summed E-state index contributed by atoms with van der Waals surface area (Å²) in [5, 5.41) is 13.8. The number of Topliss-reactive ketones (excluding diaryl/α,β-unsaturated/α-hetero) is 1. The van der Waals surface area contributed by atoms with E-state index in [4.69, 9.17) is 4.74 Å². The lowest BCUT2D eigenvalue weighted by molar-refractivity contribution is -0.122. The van der Waals surface area contributed by atoms with Crippen LogP contribution in [0.2, 0.25) is 0 Å². The predicted octanol–water partition coefficient (Wildman–Crippen LogP) is 0.412. The van der Waals surface area contributed by atoms with E-state index in [9.17, 15) is 14.7 Å². The van der Waals surface area contributed by atoms with E-state index in [-0.39, 0.29) is 30.5 Å². The van der Waals surface area contributed by atoms with E-state index in [1.165, 1.54) is 4.68 Å². The standard InChI is InChI=1S/C11H15N3O4/c1-3-7(15)6-5-8(16)10-12-9(13-14(6)10)11(17)18-4-2/h6,8,16H,3-5H2,1-2H3. The number of hydrogen-bond acceptors (Lipinski definition) is 6. The Morgan fingerprint density at radius 3 is 2.83 bits per heavy atom. The van der Waals surface area contributed by atoms with Gasteiger partial charge < -0.3 is 9.84 Å². The van der Waals surface area contributed by atoms with E-state index >= 15 is 0 Å². The number of ketones is 1. The van der Waals surface area contributed by atoms with E-state index in [0.29, 0.717) is 6.42 Å². The summed E-state index contributed by atoms with van der Waals surface area (Å²) in [4.78, 5) is 27.1. The number of aliphatic hydroxyl groups excluding tert-OH is 1. The first-order chi connectivity index (χ1) is 8.58. The van der Waals surface area contributed by atoms with Gasteiger partial charge in [0.25, 0.3) is 5.82 Å². The minimum atomic E-state index is -0.860. The Hall–Kier alpha value is -1.76. The molecule has 18 heavy (non-hydrogen) atoms. The first kappa shape index (κ1) is 12.7. The zero-order valence-corrected chi connectivity index (χ0v) is 10.3. The number of carbonyl (C=O) groups excluding carboxylic acids is 2. The highest BCUT2D eigenvalue weighted by atomic mass is 16.5. The molecule has 0 saturated heterocycles. The average Bonchev–Trinajstić information content (AvgIpc) is 2.90. The monoisotopic (exact) mass is 253 g/mol. The highest BCUT2D eigenvalue weighted by Crippen LogP contribution is 2.33. The van der Waals surface area contributed by atoms with Gasteiger partial charge in [-0.15, -0.1) is 5.10 Å². The third kappa shape index (κ3) is 2.01. The number of nitrogens with zero attached hydrogens (tertiary/aromatic N) is 3. The Morgan fingerprint density at radius 1 is 1.50 bits per heavy atom. The van der Waals surface area contributed by atoms with E-state index < -0.39 is 18.1 Å². The summed E-state index contributed by atoms with van der Waals surface area (Å²) < 4.78 is 6.11. The molecule has 2 unspecified atom stereocenters. The maximum atomic E-state index is 11.7. The fourth-order valence-electron chi connectivity index (χ4n) is 1.99. The molecule has 0 saturated carbocycles. The lowest BCUT2D eigenvalue weighted by atomic mass is 10.1. The summed E-state index contributed by atoms with van der Waals surface area (Å²) in [6, 6.07) is -0.532. The van der Waals surface area contributed by atoms with Gasteiger partial charge in [-0.1, -0.05) is 6.92 Å². The molecule has 0 radical (unpaired) electrons. The van der Waals surface area contributed by atoms with Crippen molar-refractivity contribution in [2.75, 3.05) is 6.61 Å². The minimum Gasteiger partial charge on any atom is -0.460 e. The van der Waals surface area contributed by atoms with Crippen LogP contribution in [-0.2, 0) is 9.53 Å². The van der Waals surface area contributed by atoms with E-state index in [0.717, 1.165) is 0 Å². The summed E-state index contributed by atoms with van der Waals surface area (Å²) in [7, 11) is 0. The smallest absolute Gasteiger partial charge is 0.378 e. The number of aliphatic hydroxyl groups is 1. The van der Waals surface area contributed by atoms with Gasteiger partial charge in [0.05, 0.1) is 6.61 Å². The molecular weight excluding hydrogens is 238 g/mol. The predicted molar refractivity (Wildman–Crippen MR) is 59.9 cm³/mol. The van der Waals surface area contributed by atoms with Gasteiger partial charge in [-0.25, -0.2) is 14.5 Å². The third-order valence-electron chi connectivity index (χ3n) is 2.88. The van der Waals surface area contributed by atoms with Crippen LogP contribution in [0.1, 0.15) is 55.3 Å². The van der Waals surface area contributed by atoms with Crippen molar-refractivity contribution in [2.24, 2.45) is 0 Å². The van der Waals surface area contributed by atoms with Gasteiger partial charge in [0.1, 0.15) is 12.1 Å². The topological polar surface area (TPSA) is 94.3 Å². The SMILES string of the molecule is CCOC(=O)c1nc2n(n1)C(C(=O)CC)CC2O. The molecule has 1 aromatic heterocycles. The molecule has 1 aliphatic rings. The molecule has 2 atom stereocenters. The normalized spacial score (nSPS) is 21.7. The maximum absolute atomic E-state index is 11.7. The number of ether oxygens (including phenoxy) is 1. The molecule has 7 heteroatoms. The lowest BCUT2D eigenvalue weighted by Gasteiger charge is -2.08. The molecule has 0 fully saturated rings. The van der Waals surface area contributed by atoms with Crippen LogP contribution in [0.15, 0.2) is 0 Å². The van der Waals surface area contributed by atoms with Crippen LogP contribution in [-0.4, -0.2) is 38.2 Å². The molecule has 0 aromatic carbocycles. The number of hydrogen-bond donors (Lipinski definition) is 1. The van der Waals surface area contributed by atoms with Crippen LogP contribution >= 0.6 is 0 Å². The van der Waals surface area contributed by atoms with Gasteiger partial charge in [-0.05, 0) is 6.92 Å². The Balaban J connectivity index is 2.30. The molecule has 1 aliphatic heterocycles. The van der Waals surface area contributed by atoms with Gasteiger partial charge >= 0.3 is 5.97 Å². The number of rotatable bonds is 4. The summed E-state index contributed by atoms with van der Waals surface area (Å²) in [5.41, 5.74) is 0. The highest BCUT2D eigenvalue weighted by Gasteiger charge is 2.37. The van der Waals surface area contributed by atoms with Crippen molar-refractivity contribution in [2.45, 2.75) is 38.8 Å². The first-order valence-electron chi connectivity index (χ1n) is 5.92. The molecule has 98 valence electrons. The van der Waals surface area contributed by atoms with Crippen molar-refractivity contribution >= 4 is 11.8 Å². The molecule has 1 N–H and O–H groups in total. The molecule has 0 bridgehead atoms. The quantitative estimate of drug-likeness (QED) is 0.781. The van der Waals surface area contributed by atoms with Crippen LogP contribution in [0.5, 0.6) is 0 Å². The maximum Gasteiger partial charge on any atom is 0.378 e. The van der Waals surface area contributed by atoms with Crippen LogP contribution < -0.4 is 0 Å². The largest absolute Gasteiger partial charge is 0.460 e. The van der Waals surface area contributed by atoms with Crippen LogP contribution in [0, 0.1) is 0 Å². The van der Waals surface area contributed by atoms with Crippen LogP contribution in [0.3, 0.4) is 0 Å². The summed E-state index contributed by atoms with van der Waals surface area (Å²) in [6.07, 6.45) is -0.238. The van der Waals surface area contributed by atoms with E-state index in [1.54, 1.807) is 13.8 Å². The van der Waals surface area contributed by atoms with Crippen molar-refractivity contribution < 1.29 is 19.4 Å². The summed E-state index contributed by atoms with van der Waals surface area (Å²) in [6.45, 7) is 3.65. The highest BCUT2D eigenvalue weighted by molar-refractivity contribution is 5.86. The second kappa shape index (κ2) is 4.85. The number of aromatic nitrogens is 3. The number of esters is 1. The van der Waals surface area contributed by atoms with E-state index in [1.807, 2.05) is 0 Å². The van der Waals surface area contributed by atoms with Gasteiger partial charge in [-0.2, -0.15) is 0 Å². The van der Waals surface area contributed by atoms with Crippen LogP contribution in [0.4, 0.5) is 0 Å². The zero-order valence-electron chi connectivity index (χ0n) is 10.3. The fourth-order valence-corrected chi connectivity index (χ4v) is 1.99. The minimum absolute atomic E-state index is 0.0342. The molecule has 2 heterocycles. The molecule has 2 rings (SSSR count). The second-order valence-corrected chi connectivity index (χ2v) is 4.05. The Kier molecular flexibility index (Phi) is 3.42. The van der Waals surface area contributed by atoms with Gasteiger partial charge in [0.15, 0.2) is 11.6 Å². The Bertz CT molecular complexity index is 483. The number of fused-ring (bicyclic) bond motifs is 1. The van der Waals surface area contributed by atoms with Gasteiger partial charge in [-0.3, -0.25) is 4.79 Å². The molecule has 7 nitrogen and oxygen atoms in total. The summed E-state index contributed by atoms with van der Waals surface area (Å²) in [5.74, 6) is -0.535. The van der Waals surface area contributed by atoms with E-state index in [2.05, 4.69) is 10.1 Å². The second-order valence-electron chi connectivity index (χ2n) is 4.05. The Labute approximate surface area is 104 Å². The molecule has 0 amide bonds. The molecule has 0 spiro atoms. The van der Waals surface area contributed by atoms with Gasteiger partial charge in [0, 0.05) is 12.8 Å². The van der Waals surface area contributed by atoms with Crippen molar-refractivity contribution in [1.29, 1.82) is 0 Å². The van der Waals surface area contributed by atoms with Crippen molar-refractivity contribution in [3.63, 3.8) is 0 Å². The average molecular weight is 253 g/mol. The first-order valence-corrected chi connectivity index (χ1v) is 5.92. The molecular formula is C11H15N3O4. The van der Waals surface area contributed by atoms with Crippen LogP contribution in [0.25, 0.3) is 0 Å². The summed E-state index contributed by atoms with van der Waals surface area (Å²) >= 11 is 0.